The van der Waals surface area contributed by atoms with Crippen LogP contribution in [0.3, 0.4) is 0 Å². The van der Waals surface area contributed by atoms with Crippen LogP contribution in [0.4, 0.5) is 8.39 Å². The Morgan fingerprint density at radius 2 is 1.18 bits per heavy atom. The predicted molar refractivity (Wildman–Crippen MR) is 70.2 cm³/mol. The standard InChI is InChI=1S/C14H9F2P/c15-17(16)14-12-7-3-1-5-10(12)9-11-6-2-4-8-13(11)14/h1-9H. The summed E-state index contributed by atoms with van der Waals surface area (Å²) in [6.45, 7) is 0. The normalized spacial score (nSPS) is 11.5. The van der Waals surface area contributed by atoms with Crippen LogP contribution in [0.2, 0.25) is 0 Å². The van der Waals surface area contributed by atoms with E-state index < -0.39 is 8.54 Å². The van der Waals surface area contributed by atoms with Crippen molar-refractivity contribution in [2.45, 2.75) is 0 Å². The van der Waals surface area contributed by atoms with Crippen LogP contribution in [-0.4, -0.2) is 0 Å². The maximum Gasteiger partial charge on any atom is 0.299 e. The Morgan fingerprint density at radius 1 is 0.706 bits per heavy atom. The van der Waals surface area contributed by atoms with Crippen LogP contribution in [0.25, 0.3) is 21.5 Å². The maximum absolute atomic E-state index is 13.3. The van der Waals surface area contributed by atoms with Gasteiger partial charge >= 0.3 is 0 Å². The molecule has 0 fully saturated rings. The van der Waals surface area contributed by atoms with Gasteiger partial charge in [-0.3, -0.25) is 0 Å². The van der Waals surface area contributed by atoms with Crippen molar-refractivity contribution in [3.8, 4) is 0 Å². The first kappa shape index (κ1) is 10.6. The Hall–Kier alpha value is -1.53. The summed E-state index contributed by atoms with van der Waals surface area (Å²) in [4.78, 5) is 0. The average molecular weight is 246 g/mol. The Labute approximate surface area is 98.9 Å². The largest absolute Gasteiger partial charge is 0.299 e. The molecule has 0 aliphatic carbocycles. The van der Waals surface area contributed by atoms with Crippen molar-refractivity contribution in [3.05, 3.63) is 54.6 Å². The number of halogens is 2. The molecule has 0 aliphatic heterocycles. The van der Waals surface area contributed by atoms with Crippen LogP contribution >= 0.6 is 8.54 Å². The van der Waals surface area contributed by atoms with E-state index in [1.54, 1.807) is 24.3 Å². The molecule has 0 saturated heterocycles. The van der Waals surface area contributed by atoms with Gasteiger partial charge in [-0.2, -0.15) is 8.39 Å². The third-order valence-electron chi connectivity index (χ3n) is 2.91. The van der Waals surface area contributed by atoms with E-state index in [1.807, 2.05) is 30.3 Å². The van der Waals surface area contributed by atoms with Gasteiger partial charge in [-0.15, -0.1) is 0 Å². The summed E-state index contributed by atoms with van der Waals surface area (Å²) in [6.07, 6.45) is 0. The van der Waals surface area contributed by atoms with Gasteiger partial charge in [-0.05, 0) is 27.6 Å². The first-order valence-corrected chi connectivity index (χ1v) is 6.42. The summed E-state index contributed by atoms with van der Waals surface area (Å²) in [5.41, 5.74) is 0. The number of benzene rings is 3. The van der Waals surface area contributed by atoms with E-state index in [0.717, 1.165) is 10.8 Å². The Bertz CT molecular complexity index is 638. The van der Waals surface area contributed by atoms with Gasteiger partial charge in [0.05, 0.1) is 5.30 Å². The highest BCUT2D eigenvalue weighted by Crippen LogP contribution is 2.42. The molecule has 0 amide bonds. The zero-order valence-corrected chi connectivity index (χ0v) is 9.79. The van der Waals surface area contributed by atoms with E-state index in [9.17, 15) is 8.39 Å². The molecule has 0 nitrogen and oxygen atoms in total. The topological polar surface area (TPSA) is 0 Å². The molecule has 0 atom stereocenters. The van der Waals surface area contributed by atoms with Gasteiger partial charge in [-0.1, -0.05) is 48.5 Å². The summed E-state index contributed by atoms with van der Waals surface area (Å²) < 4.78 is 26.6. The first-order chi connectivity index (χ1) is 8.27. The first-order valence-electron chi connectivity index (χ1n) is 5.29. The van der Waals surface area contributed by atoms with Gasteiger partial charge in [0.25, 0.3) is 8.54 Å². The van der Waals surface area contributed by atoms with Crippen LogP contribution in [0, 0.1) is 0 Å². The van der Waals surface area contributed by atoms with E-state index in [-0.39, 0.29) is 5.30 Å². The van der Waals surface area contributed by atoms with E-state index in [0.29, 0.717) is 10.8 Å². The van der Waals surface area contributed by atoms with Gasteiger partial charge in [0, 0.05) is 0 Å². The predicted octanol–water partition coefficient (Wildman–Crippen LogP) is 4.87. The van der Waals surface area contributed by atoms with Crippen LogP contribution in [0.15, 0.2) is 54.6 Å². The van der Waals surface area contributed by atoms with Gasteiger partial charge < -0.3 is 0 Å². The summed E-state index contributed by atoms with van der Waals surface area (Å²) in [6, 6.07) is 16.6. The Balaban J connectivity index is 2.56. The second kappa shape index (κ2) is 4.05. The molecule has 3 rings (SSSR count). The van der Waals surface area contributed by atoms with E-state index in [4.69, 9.17) is 0 Å². The second-order valence-corrected chi connectivity index (χ2v) is 4.81. The third kappa shape index (κ3) is 1.69. The molecule has 0 saturated carbocycles. The minimum atomic E-state index is -3.10. The van der Waals surface area contributed by atoms with Crippen LogP contribution in [0.1, 0.15) is 0 Å². The summed E-state index contributed by atoms with van der Waals surface area (Å²) in [5, 5.41) is 3.30. The number of hydrogen-bond acceptors (Lipinski definition) is 0. The van der Waals surface area contributed by atoms with E-state index >= 15 is 0 Å². The zero-order valence-electron chi connectivity index (χ0n) is 8.90. The molecular weight excluding hydrogens is 237 g/mol. The molecule has 84 valence electrons. The fourth-order valence-electron chi connectivity index (χ4n) is 2.17. The smallest absolute Gasteiger partial charge is 0.183 e. The Morgan fingerprint density at radius 3 is 1.65 bits per heavy atom. The number of hydrogen-bond donors (Lipinski definition) is 0. The summed E-state index contributed by atoms with van der Waals surface area (Å²) >= 11 is 0. The summed E-state index contributed by atoms with van der Waals surface area (Å²) in [5.74, 6) is 0. The highest BCUT2D eigenvalue weighted by Gasteiger charge is 2.16. The van der Waals surface area contributed by atoms with E-state index in [2.05, 4.69) is 0 Å². The molecule has 0 bridgehead atoms. The molecule has 0 radical (unpaired) electrons. The molecule has 0 aromatic heterocycles. The van der Waals surface area contributed by atoms with Crippen molar-refractivity contribution in [1.29, 1.82) is 0 Å². The quantitative estimate of drug-likeness (QED) is 0.424. The fraction of sp³-hybridized carbons (Fsp3) is 0. The van der Waals surface area contributed by atoms with Crippen molar-refractivity contribution in [2.24, 2.45) is 0 Å². The zero-order chi connectivity index (χ0) is 11.8. The lowest BCUT2D eigenvalue weighted by molar-refractivity contribution is 0.765. The minimum Gasteiger partial charge on any atom is -0.183 e. The van der Waals surface area contributed by atoms with Crippen LogP contribution in [0.5, 0.6) is 0 Å². The molecule has 0 aliphatic rings. The van der Waals surface area contributed by atoms with Crippen molar-refractivity contribution in [2.75, 3.05) is 0 Å². The maximum atomic E-state index is 13.3. The molecule has 0 N–H and O–H groups in total. The van der Waals surface area contributed by atoms with Crippen molar-refractivity contribution >= 4 is 35.4 Å². The molecule has 3 heteroatoms. The molecule has 0 heterocycles. The van der Waals surface area contributed by atoms with Gasteiger partial charge in [-0.25, -0.2) is 0 Å². The molecular formula is C14H9F2P. The third-order valence-corrected chi connectivity index (χ3v) is 3.73. The number of fused-ring (bicyclic) bond motifs is 2. The van der Waals surface area contributed by atoms with Crippen LogP contribution < -0.4 is 5.30 Å². The van der Waals surface area contributed by atoms with Gasteiger partial charge in [0.2, 0.25) is 0 Å². The highest BCUT2D eigenvalue weighted by molar-refractivity contribution is 7.56. The highest BCUT2D eigenvalue weighted by atomic mass is 31.2. The lowest BCUT2D eigenvalue weighted by Crippen LogP contribution is -2.00. The van der Waals surface area contributed by atoms with E-state index in [1.165, 1.54) is 0 Å². The lowest BCUT2D eigenvalue weighted by Gasteiger charge is -2.09. The fourth-order valence-corrected chi connectivity index (χ4v) is 2.94. The molecule has 17 heavy (non-hydrogen) atoms. The lowest BCUT2D eigenvalue weighted by atomic mass is 10.0. The monoisotopic (exact) mass is 246 g/mol. The van der Waals surface area contributed by atoms with Crippen molar-refractivity contribution < 1.29 is 8.39 Å². The molecule has 3 aromatic rings. The van der Waals surface area contributed by atoms with Crippen LogP contribution in [-0.2, 0) is 0 Å². The van der Waals surface area contributed by atoms with Gasteiger partial charge in [0.15, 0.2) is 0 Å². The minimum absolute atomic E-state index is 0.203. The molecule has 0 unspecified atom stereocenters. The Kier molecular flexibility index (Phi) is 2.53. The summed E-state index contributed by atoms with van der Waals surface area (Å²) in [7, 11) is -3.10. The number of rotatable bonds is 1. The van der Waals surface area contributed by atoms with Gasteiger partial charge in [0.1, 0.15) is 0 Å². The molecule has 0 spiro atoms. The second-order valence-electron chi connectivity index (χ2n) is 3.90. The van der Waals surface area contributed by atoms with Crippen molar-refractivity contribution in [1.82, 2.24) is 0 Å². The van der Waals surface area contributed by atoms with Crippen molar-refractivity contribution in [3.63, 3.8) is 0 Å². The average Bonchev–Trinajstić information content (AvgIpc) is 2.35. The SMILES string of the molecule is FP(F)c1c2ccccc2cc2ccccc12. The molecule has 3 aromatic carbocycles.